The number of anilines is 1. The summed E-state index contributed by atoms with van der Waals surface area (Å²) in [6.45, 7) is 3.31. The van der Waals surface area contributed by atoms with Crippen molar-refractivity contribution < 1.29 is 9.59 Å². The molecule has 1 aliphatic heterocycles. The summed E-state index contributed by atoms with van der Waals surface area (Å²) < 4.78 is 0.913. The number of likely N-dealkylation sites (tertiary alicyclic amines) is 1. The number of halogens is 1. The summed E-state index contributed by atoms with van der Waals surface area (Å²) in [4.78, 5) is 32.6. The van der Waals surface area contributed by atoms with E-state index in [0.29, 0.717) is 19.6 Å². The van der Waals surface area contributed by atoms with Crippen molar-refractivity contribution in [3.05, 3.63) is 58.8 Å². The Morgan fingerprint density at radius 2 is 2.19 bits per heavy atom. The van der Waals surface area contributed by atoms with Crippen LogP contribution < -0.4 is 5.32 Å². The molecule has 1 N–H and O–H groups in total. The van der Waals surface area contributed by atoms with Gasteiger partial charge < -0.3 is 15.1 Å². The Hall–Kier alpha value is -2.41. The summed E-state index contributed by atoms with van der Waals surface area (Å²) in [5.74, 6) is 0.0121. The molecule has 1 aliphatic rings. The van der Waals surface area contributed by atoms with Gasteiger partial charge in [0.2, 0.25) is 5.91 Å². The van der Waals surface area contributed by atoms with Gasteiger partial charge in [-0.05, 0) is 42.7 Å². The van der Waals surface area contributed by atoms with Gasteiger partial charge in [0.05, 0.1) is 0 Å². The number of urea groups is 1. The monoisotopic (exact) mass is 430 g/mol. The van der Waals surface area contributed by atoms with Crippen LogP contribution in [-0.2, 0) is 11.3 Å². The third-order valence-corrected chi connectivity index (χ3v) is 5.17. The second-order valence-electron chi connectivity index (χ2n) is 6.69. The molecule has 0 spiro atoms. The Kier molecular flexibility index (Phi) is 6.45. The van der Waals surface area contributed by atoms with E-state index in [1.807, 2.05) is 41.3 Å². The van der Waals surface area contributed by atoms with Crippen LogP contribution in [0.3, 0.4) is 0 Å². The van der Waals surface area contributed by atoms with Crippen LogP contribution in [0, 0.1) is 0 Å². The van der Waals surface area contributed by atoms with Gasteiger partial charge in [-0.1, -0.05) is 28.1 Å². The first kappa shape index (κ1) is 19.4. The molecule has 0 radical (unpaired) electrons. The van der Waals surface area contributed by atoms with Crippen LogP contribution >= 0.6 is 15.9 Å². The molecule has 7 heteroatoms. The van der Waals surface area contributed by atoms with Gasteiger partial charge >= 0.3 is 6.03 Å². The van der Waals surface area contributed by atoms with Crippen molar-refractivity contribution in [1.29, 1.82) is 0 Å². The average Bonchev–Trinajstić information content (AvgIpc) is 2.67. The highest BCUT2D eigenvalue weighted by molar-refractivity contribution is 9.10. The number of piperidine rings is 1. The molecule has 1 aromatic heterocycles. The number of aromatic nitrogens is 1. The molecule has 1 fully saturated rings. The first-order chi connectivity index (χ1) is 13.0. The summed E-state index contributed by atoms with van der Waals surface area (Å²) in [6.07, 6.45) is 5.25. The Morgan fingerprint density at radius 1 is 1.33 bits per heavy atom. The van der Waals surface area contributed by atoms with Crippen LogP contribution in [0.15, 0.2) is 53.3 Å². The maximum atomic E-state index is 12.7. The molecule has 142 valence electrons. The highest BCUT2D eigenvalue weighted by Crippen LogP contribution is 2.21. The molecule has 0 aliphatic carbocycles. The van der Waals surface area contributed by atoms with Gasteiger partial charge in [0.25, 0.3) is 0 Å². The summed E-state index contributed by atoms with van der Waals surface area (Å²) in [5, 5.41) is 2.93. The van der Waals surface area contributed by atoms with Gasteiger partial charge in [0.15, 0.2) is 0 Å². The number of rotatable bonds is 4. The zero-order valence-electron chi connectivity index (χ0n) is 15.3. The minimum absolute atomic E-state index is 0.00437. The van der Waals surface area contributed by atoms with Crippen molar-refractivity contribution in [1.82, 2.24) is 14.8 Å². The number of benzene rings is 1. The van der Waals surface area contributed by atoms with E-state index in [1.165, 1.54) is 0 Å². The van der Waals surface area contributed by atoms with Crippen LogP contribution in [-0.4, -0.2) is 45.9 Å². The first-order valence-corrected chi connectivity index (χ1v) is 9.80. The molecule has 3 amide bonds. The number of carbonyl (C=O) groups is 2. The summed E-state index contributed by atoms with van der Waals surface area (Å²) >= 11 is 3.41. The lowest BCUT2D eigenvalue weighted by Gasteiger charge is -2.39. The number of hydrogen-bond acceptors (Lipinski definition) is 3. The minimum Gasteiger partial charge on any atom is -0.334 e. The van der Waals surface area contributed by atoms with Crippen LogP contribution in [0.5, 0.6) is 0 Å². The lowest BCUT2D eigenvalue weighted by atomic mass is 10.0. The highest BCUT2D eigenvalue weighted by Gasteiger charge is 2.29. The molecule has 27 heavy (non-hydrogen) atoms. The number of amides is 3. The molecule has 0 bridgehead atoms. The molecule has 2 heterocycles. The molecule has 6 nitrogen and oxygen atoms in total. The highest BCUT2D eigenvalue weighted by atomic mass is 79.9. The maximum absolute atomic E-state index is 12.7. The molecular weight excluding hydrogens is 408 g/mol. The van der Waals surface area contributed by atoms with Crippen LogP contribution in [0.25, 0.3) is 0 Å². The van der Waals surface area contributed by atoms with E-state index in [0.717, 1.165) is 28.6 Å². The quantitative estimate of drug-likeness (QED) is 0.799. The first-order valence-electron chi connectivity index (χ1n) is 9.00. The Bertz CT molecular complexity index is 800. The van der Waals surface area contributed by atoms with Crippen molar-refractivity contribution in [3.8, 4) is 0 Å². The van der Waals surface area contributed by atoms with Crippen molar-refractivity contribution in [2.75, 3.05) is 18.4 Å². The summed E-state index contributed by atoms with van der Waals surface area (Å²) in [7, 11) is 0. The standard InChI is InChI=1S/C20H23BrN4O2/c1-15(26)25(13-16-5-3-9-22-12-16)19-8-4-10-24(14-19)20(27)23-18-7-2-6-17(21)11-18/h2-3,5-7,9,11-12,19H,4,8,10,13-14H2,1H3,(H,23,27). The fourth-order valence-corrected chi connectivity index (χ4v) is 3.75. The van der Waals surface area contributed by atoms with Gasteiger partial charge in [-0.2, -0.15) is 0 Å². The fourth-order valence-electron chi connectivity index (χ4n) is 3.35. The maximum Gasteiger partial charge on any atom is 0.321 e. The van der Waals surface area contributed by atoms with Gasteiger partial charge in [-0.25, -0.2) is 4.79 Å². The van der Waals surface area contributed by atoms with E-state index in [1.54, 1.807) is 24.2 Å². The molecule has 1 unspecified atom stereocenters. The lowest BCUT2D eigenvalue weighted by Crippen LogP contribution is -2.51. The summed E-state index contributed by atoms with van der Waals surface area (Å²) in [5.41, 5.74) is 1.73. The van der Waals surface area contributed by atoms with Crippen molar-refractivity contribution in [2.24, 2.45) is 0 Å². The second-order valence-corrected chi connectivity index (χ2v) is 7.61. The van der Waals surface area contributed by atoms with Gasteiger partial charge in [-0.3, -0.25) is 9.78 Å². The third kappa shape index (κ3) is 5.29. The molecule has 1 aromatic carbocycles. The molecule has 3 rings (SSSR count). The Labute approximate surface area is 167 Å². The minimum atomic E-state index is -0.136. The summed E-state index contributed by atoms with van der Waals surface area (Å²) in [6, 6.07) is 11.2. The Morgan fingerprint density at radius 3 is 2.89 bits per heavy atom. The number of carbonyl (C=O) groups excluding carboxylic acids is 2. The van der Waals surface area contributed by atoms with Crippen LogP contribution in [0.1, 0.15) is 25.3 Å². The van der Waals surface area contributed by atoms with E-state index in [9.17, 15) is 9.59 Å². The second kappa shape index (κ2) is 8.99. The fraction of sp³-hybridized carbons (Fsp3) is 0.350. The average molecular weight is 431 g/mol. The van der Waals surface area contributed by atoms with Gasteiger partial charge in [0, 0.05) is 55.2 Å². The Balaban J connectivity index is 1.66. The lowest BCUT2D eigenvalue weighted by molar-refractivity contribution is -0.132. The number of nitrogens with one attached hydrogen (secondary N) is 1. The predicted octanol–water partition coefficient (Wildman–Crippen LogP) is 3.89. The van der Waals surface area contributed by atoms with E-state index < -0.39 is 0 Å². The number of hydrogen-bond donors (Lipinski definition) is 1. The van der Waals surface area contributed by atoms with E-state index >= 15 is 0 Å². The number of pyridine rings is 1. The molecule has 0 saturated carbocycles. The zero-order chi connectivity index (χ0) is 19.2. The molecule has 1 saturated heterocycles. The van der Waals surface area contributed by atoms with E-state index in [4.69, 9.17) is 0 Å². The third-order valence-electron chi connectivity index (χ3n) is 4.68. The predicted molar refractivity (Wildman–Crippen MR) is 108 cm³/mol. The van der Waals surface area contributed by atoms with Crippen LogP contribution in [0.4, 0.5) is 10.5 Å². The molecule has 2 aromatic rings. The molecule has 1 atom stereocenters. The topological polar surface area (TPSA) is 65.5 Å². The number of nitrogens with zero attached hydrogens (tertiary/aromatic N) is 3. The van der Waals surface area contributed by atoms with Gasteiger partial charge in [0.1, 0.15) is 0 Å². The largest absolute Gasteiger partial charge is 0.334 e. The van der Waals surface area contributed by atoms with E-state index in [-0.39, 0.29) is 18.0 Å². The molecular formula is C20H23BrN4O2. The van der Waals surface area contributed by atoms with Crippen molar-refractivity contribution in [2.45, 2.75) is 32.4 Å². The zero-order valence-corrected chi connectivity index (χ0v) is 16.9. The van der Waals surface area contributed by atoms with Crippen molar-refractivity contribution >= 4 is 33.6 Å². The van der Waals surface area contributed by atoms with Crippen molar-refractivity contribution in [3.63, 3.8) is 0 Å². The van der Waals surface area contributed by atoms with E-state index in [2.05, 4.69) is 26.2 Å². The SMILES string of the molecule is CC(=O)N(Cc1cccnc1)C1CCCN(C(=O)Nc2cccc(Br)c2)C1. The normalized spacial score (nSPS) is 16.7. The smallest absolute Gasteiger partial charge is 0.321 e. The van der Waals surface area contributed by atoms with Crippen LogP contribution in [0.2, 0.25) is 0 Å². The van der Waals surface area contributed by atoms with Gasteiger partial charge in [-0.15, -0.1) is 0 Å².